The highest BCUT2D eigenvalue weighted by atomic mass is 32.1. The molecule has 0 unspecified atom stereocenters. The first kappa shape index (κ1) is 19.5. The molecule has 0 aliphatic rings. The topological polar surface area (TPSA) is 56.9 Å². The number of fused-ring (bicyclic) bond motifs is 2. The van der Waals surface area contributed by atoms with E-state index < -0.39 is 0 Å². The molecule has 0 saturated carbocycles. The van der Waals surface area contributed by atoms with Gasteiger partial charge in [-0.1, -0.05) is 36.4 Å². The van der Waals surface area contributed by atoms with Crippen LogP contribution in [0.5, 0.6) is 0 Å². The molecule has 0 radical (unpaired) electrons. The van der Waals surface area contributed by atoms with E-state index in [1.807, 2.05) is 41.8 Å². The molecule has 1 aromatic carbocycles. The average molecular weight is 428 g/mol. The maximum Gasteiger partial charge on any atom is 0.260 e. The van der Waals surface area contributed by atoms with Gasteiger partial charge in [0.05, 0.1) is 21.8 Å². The van der Waals surface area contributed by atoms with E-state index in [0.717, 1.165) is 12.8 Å². The molecule has 0 aliphatic heterocycles. The van der Waals surface area contributed by atoms with Gasteiger partial charge in [-0.3, -0.25) is 9.59 Å². The summed E-state index contributed by atoms with van der Waals surface area (Å²) in [7, 11) is 0. The maximum absolute atomic E-state index is 13.1. The second kappa shape index (κ2) is 8.32. The molecule has 0 bridgehead atoms. The van der Waals surface area contributed by atoms with Crippen LogP contribution in [0.1, 0.15) is 10.4 Å². The van der Waals surface area contributed by atoms with Gasteiger partial charge < -0.3 is 9.13 Å². The van der Waals surface area contributed by atoms with Gasteiger partial charge in [-0.15, -0.1) is 11.3 Å². The standard InChI is InChI=1S/C25H21N3O2S/c29-24-20-17-21-23(11-15-28(25(21)30)13-9-19-7-4-16-31-19)26-22(20)10-14-27(24)12-8-18-5-2-1-3-6-18/h1-7,10-11,14-17H,8-9,12-13H2. The fraction of sp³-hybridized carbons (Fsp3) is 0.160. The van der Waals surface area contributed by atoms with Crippen LogP contribution < -0.4 is 11.1 Å². The molecule has 0 aliphatic carbocycles. The lowest BCUT2D eigenvalue weighted by Crippen LogP contribution is -2.23. The predicted octanol–water partition coefficient (Wildman–Crippen LogP) is 4.26. The Labute approximate surface area is 182 Å². The molecule has 0 saturated heterocycles. The van der Waals surface area contributed by atoms with Crippen molar-refractivity contribution in [1.82, 2.24) is 14.1 Å². The molecule has 4 aromatic heterocycles. The van der Waals surface area contributed by atoms with Gasteiger partial charge in [-0.05, 0) is 48.1 Å². The molecule has 0 spiro atoms. The van der Waals surface area contributed by atoms with Crippen LogP contribution in [0.2, 0.25) is 0 Å². The summed E-state index contributed by atoms with van der Waals surface area (Å²) in [4.78, 5) is 32.0. The number of aryl methyl sites for hydroxylation is 4. The number of hydrogen-bond acceptors (Lipinski definition) is 4. The summed E-state index contributed by atoms with van der Waals surface area (Å²) in [6.07, 6.45) is 5.14. The van der Waals surface area contributed by atoms with Crippen molar-refractivity contribution in [3.8, 4) is 0 Å². The number of thiophene rings is 1. The normalized spacial score (nSPS) is 11.4. The summed E-state index contributed by atoms with van der Waals surface area (Å²) in [5, 5.41) is 3.01. The van der Waals surface area contributed by atoms with Crippen LogP contribution in [0.3, 0.4) is 0 Å². The minimum absolute atomic E-state index is 0.109. The zero-order chi connectivity index (χ0) is 21.2. The summed E-state index contributed by atoms with van der Waals surface area (Å²) in [6, 6.07) is 19.6. The van der Waals surface area contributed by atoms with Crippen molar-refractivity contribution < 1.29 is 0 Å². The molecule has 5 aromatic rings. The second-order valence-electron chi connectivity index (χ2n) is 7.55. The Bertz CT molecular complexity index is 1470. The van der Waals surface area contributed by atoms with Crippen molar-refractivity contribution >= 4 is 33.1 Å². The number of aromatic nitrogens is 3. The van der Waals surface area contributed by atoms with Crippen molar-refractivity contribution in [1.29, 1.82) is 0 Å². The minimum atomic E-state index is -0.115. The molecule has 0 amide bonds. The van der Waals surface area contributed by atoms with Crippen LogP contribution in [0, 0.1) is 0 Å². The van der Waals surface area contributed by atoms with E-state index in [2.05, 4.69) is 23.2 Å². The zero-order valence-electron chi connectivity index (χ0n) is 16.9. The van der Waals surface area contributed by atoms with Crippen molar-refractivity contribution in [3.05, 3.63) is 110 Å². The van der Waals surface area contributed by atoms with Crippen LogP contribution in [0.15, 0.2) is 88.0 Å². The monoisotopic (exact) mass is 427 g/mol. The van der Waals surface area contributed by atoms with Gasteiger partial charge in [-0.25, -0.2) is 4.98 Å². The Morgan fingerprint density at radius 2 is 1.39 bits per heavy atom. The van der Waals surface area contributed by atoms with Crippen molar-refractivity contribution in [2.45, 2.75) is 25.9 Å². The first-order chi connectivity index (χ1) is 15.2. The average Bonchev–Trinajstić information content (AvgIpc) is 3.32. The van der Waals surface area contributed by atoms with E-state index in [1.54, 1.807) is 38.9 Å². The Kier molecular flexibility index (Phi) is 5.22. The third kappa shape index (κ3) is 3.94. The van der Waals surface area contributed by atoms with Gasteiger partial charge in [0.25, 0.3) is 11.1 Å². The van der Waals surface area contributed by atoms with Crippen LogP contribution in [0.25, 0.3) is 21.8 Å². The van der Waals surface area contributed by atoms with Crippen molar-refractivity contribution in [2.75, 3.05) is 0 Å². The number of benzene rings is 1. The Balaban J connectivity index is 1.50. The van der Waals surface area contributed by atoms with Gasteiger partial charge in [-0.2, -0.15) is 0 Å². The molecule has 31 heavy (non-hydrogen) atoms. The summed E-state index contributed by atoms with van der Waals surface area (Å²) >= 11 is 1.69. The second-order valence-corrected chi connectivity index (χ2v) is 8.58. The first-order valence-electron chi connectivity index (χ1n) is 10.3. The number of hydrogen-bond donors (Lipinski definition) is 0. The molecular weight excluding hydrogens is 406 g/mol. The summed E-state index contributed by atoms with van der Waals surface area (Å²) in [6.45, 7) is 1.18. The molecule has 0 N–H and O–H groups in total. The molecule has 0 fully saturated rings. The van der Waals surface area contributed by atoms with Gasteiger partial charge in [0.1, 0.15) is 0 Å². The molecular formula is C25H21N3O2S. The number of nitrogens with zero attached hydrogens (tertiary/aromatic N) is 3. The third-order valence-electron chi connectivity index (χ3n) is 5.55. The molecule has 6 heteroatoms. The van der Waals surface area contributed by atoms with Gasteiger partial charge in [0.15, 0.2) is 0 Å². The van der Waals surface area contributed by atoms with Crippen LogP contribution >= 0.6 is 11.3 Å². The third-order valence-corrected chi connectivity index (χ3v) is 6.49. The zero-order valence-corrected chi connectivity index (χ0v) is 17.7. The lowest BCUT2D eigenvalue weighted by Gasteiger charge is -2.09. The molecule has 5 rings (SSSR count). The van der Waals surface area contributed by atoms with Crippen LogP contribution in [0.4, 0.5) is 0 Å². The number of rotatable bonds is 6. The van der Waals surface area contributed by atoms with Crippen molar-refractivity contribution in [2.24, 2.45) is 0 Å². The lowest BCUT2D eigenvalue weighted by atomic mass is 10.1. The fourth-order valence-corrected chi connectivity index (χ4v) is 4.54. The van der Waals surface area contributed by atoms with Crippen molar-refractivity contribution in [3.63, 3.8) is 0 Å². The summed E-state index contributed by atoms with van der Waals surface area (Å²) in [5.74, 6) is 0. The highest BCUT2D eigenvalue weighted by Crippen LogP contribution is 2.15. The lowest BCUT2D eigenvalue weighted by molar-refractivity contribution is 0.674. The maximum atomic E-state index is 13.1. The molecule has 5 nitrogen and oxygen atoms in total. The number of pyridine rings is 3. The Hall–Kier alpha value is -3.51. The fourth-order valence-electron chi connectivity index (χ4n) is 3.84. The van der Waals surface area contributed by atoms with Gasteiger partial charge >= 0.3 is 0 Å². The van der Waals surface area contributed by atoms with Gasteiger partial charge in [0, 0.05) is 30.4 Å². The van der Waals surface area contributed by atoms with E-state index >= 15 is 0 Å². The minimum Gasteiger partial charge on any atom is -0.315 e. The van der Waals surface area contributed by atoms with E-state index in [1.165, 1.54) is 10.4 Å². The predicted molar refractivity (Wildman–Crippen MR) is 126 cm³/mol. The molecule has 154 valence electrons. The summed E-state index contributed by atoms with van der Waals surface area (Å²) < 4.78 is 3.40. The van der Waals surface area contributed by atoms with E-state index in [4.69, 9.17) is 0 Å². The highest BCUT2D eigenvalue weighted by Gasteiger charge is 2.10. The van der Waals surface area contributed by atoms with E-state index in [-0.39, 0.29) is 11.1 Å². The van der Waals surface area contributed by atoms with Gasteiger partial charge in [0.2, 0.25) is 0 Å². The quantitative estimate of drug-likeness (QED) is 0.381. The Morgan fingerprint density at radius 3 is 2.00 bits per heavy atom. The Morgan fingerprint density at radius 1 is 0.742 bits per heavy atom. The van der Waals surface area contributed by atoms with E-state index in [0.29, 0.717) is 34.9 Å². The van der Waals surface area contributed by atoms with E-state index in [9.17, 15) is 9.59 Å². The highest BCUT2D eigenvalue weighted by molar-refractivity contribution is 7.09. The molecule has 4 heterocycles. The summed E-state index contributed by atoms with van der Waals surface area (Å²) in [5.41, 5.74) is 2.19. The smallest absolute Gasteiger partial charge is 0.260 e. The molecule has 0 atom stereocenters. The largest absolute Gasteiger partial charge is 0.315 e. The first-order valence-corrected chi connectivity index (χ1v) is 11.2. The van der Waals surface area contributed by atoms with Crippen LogP contribution in [-0.4, -0.2) is 14.1 Å². The SMILES string of the molecule is O=c1c2cc3c(=O)n(CCc4cccs4)ccc3nc2ccn1CCc1ccccc1. The van der Waals surface area contributed by atoms with Crippen LogP contribution in [-0.2, 0) is 25.9 Å².